The largest absolute Gasteiger partial charge is 0.327 e. The van der Waals surface area contributed by atoms with Crippen LogP contribution in [0.4, 0.5) is 5.69 Å². The molecule has 7 nitrogen and oxygen atoms in total. The average Bonchev–Trinajstić information content (AvgIpc) is 3.16. The van der Waals surface area contributed by atoms with Crippen LogP contribution < -0.4 is 10.9 Å². The predicted molar refractivity (Wildman–Crippen MR) is 125 cm³/mol. The standard InChI is InChI=1S/C25H21N5O2/c1-29-22-9-5-4-8-21(22)28-24(29)17-10-12-18(13-11-17)27-23(31)14-15-30-16-26-20-7-3-2-6-19(20)25(30)32/h2-13,16H,14-15H2,1H3,(H,27,31). The number of benzene rings is 3. The normalized spacial score (nSPS) is 11.2. The fourth-order valence-corrected chi connectivity index (χ4v) is 3.82. The molecule has 5 rings (SSSR count). The summed E-state index contributed by atoms with van der Waals surface area (Å²) in [5.74, 6) is 0.702. The first-order chi connectivity index (χ1) is 15.6. The second-order valence-electron chi connectivity index (χ2n) is 7.62. The van der Waals surface area contributed by atoms with Gasteiger partial charge in [0.15, 0.2) is 0 Å². The lowest BCUT2D eigenvalue weighted by molar-refractivity contribution is -0.116. The van der Waals surface area contributed by atoms with Gasteiger partial charge in [0, 0.05) is 31.3 Å². The molecule has 0 fully saturated rings. The van der Waals surface area contributed by atoms with Gasteiger partial charge in [-0.3, -0.25) is 14.2 Å². The van der Waals surface area contributed by atoms with Crippen LogP contribution in [0.15, 0.2) is 83.9 Å². The van der Waals surface area contributed by atoms with E-state index in [4.69, 9.17) is 4.98 Å². The first kappa shape index (κ1) is 19.7. The zero-order valence-electron chi connectivity index (χ0n) is 17.5. The molecule has 0 spiro atoms. The van der Waals surface area contributed by atoms with E-state index in [1.54, 1.807) is 18.2 Å². The number of para-hydroxylation sites is 3. The molecule has 0 saturated carbocycles. The van der Waals surface area contributed by atoms with Gasteiger partial charge in [0.1, 0.15) is 5.82 Å². The number of amides is 1. The van der Waals surface area contributed by atoms with Crippen molar-refractivity contribution < 1.29 is 4.79 Å². The highest BCUT2D eigenvalue weighted by atomic mass is 16.2. The Labute approximate surface area is 184 Å². The van der Waals surface area contributed by atoms with E-state index < -0.39 is 0 Å². The summed E-state index contributed by atoms with van der Waals surface area (Å²) in [6.07, 6.45) is 1.66. The van der Waals surface area contributed by atoms with E-state index >= 15 is 0 Å². The third-order valence-electron chi connectivity index (χ3n) is 5.53. The van der Waals surface area contributed by atoms with E-state index in [2.05, 4.69) is 14.9 Å². The van der Waals surface area contributed by atoms with Crippen molar-refractivity contribution >= 4 is 33.5 Å². The number of imidazole rings is 1. The molecule has 158 valence electrons. The van der Waals surface area contributed by atoms with Crippen molar-refractivity contribution in [2.75, 3.05) is 5.32 Å². The molecule has 0 atom stereocenters. The maximum absolute atomic E-state index is 12.5. The van der Waals surface area contributed by atoms with Gasteiger partial charge in [-0.1, -0.05) is 24.3 Å². The minimum Gasteiger partial charge on any atom is -0.327 e. The maximum Gasteiger partial charge on any atom is 0.261 e. The van der Waals surface area contributed by atoms with Gasteiger partial charge in [0.2, 0.25) is 5.91 Å². The minimum absolute atomic E-state index is 0.143. The van der Waals surface area contributed by atoms with Crippen molar-refractivity contribution in [3.05, 3.63) is 89.5 Å². The van der Waals surface area contributed by atoms with Crippen LogP contribution in [0.2, 0.25) is 0 Å². The van der Waals surface area contributed by atoms with Crippen molar-refractivity contribution in [2.24, 2.45) is 7.05 Å². The Balaban J connectivity index is 1.26. The average molecular weight is 423 g/mol. The first-order valence-corrected chi connectivity index (χ1v) is 10.4. The summed E-state index contributed by atoms with van der Waals surface area (Å²) in [4.78, 5) is 34.0. The minimum atomic E-state index is -0.166. The zero-order valence-corrected chi connectivity index (χ0v) is 17.5. The molecule has 0 saturated heterocycles. The summed E-state index contributed by atoms with van der Waals surface area (Å²) in [6, 6.07) is 22.8. The summed E-state index contributed by atoms with van der Waals surface area (Å²) in [6.45, 7) is 0.264. The Hall–Kier alpha value is -4.26. The molecule has 32 heavy (non-hydrogen) atoms. The molecule has 1 N–H and O–H groups in total. The van der Waals surface area contributed by atoms with Gasteiger partial charge in [0.25, 0.3) is 5.56 Å². The molecule has 0 aliphatic heterocycles. The topological polar surface area (TPSA) is 81.8 Å². The van der Waals surface area contributed by atoms with Crippen molar-refractivity contribution in [1.82, 2.24) is 19.1 Å². The van der Waals surface area contributed by atoms with Crippen molar-refractivity contribution in [3.63, 3.8) is 0 Å². The number of carbonyl (C=O) groups is 1. The van der Waals surface area contributed by atoms with Crippen molar-refractivity contribution in [3.8, 4) is 11.4 Å². The van der Waals surface area contributed by atoms with Crippen LogP contribution in [0.5, 0.6) is 0 Å². The summed E-state index contributed by atoms with van der Waals surface area (Å²) in [5.41, 5.74) is 4.19. The zero-order chi connectivity index (χ0) is 22.1. The van der Waals surface area contributed by atoms with E-state index in [1.165, 1.54) is 10.9 Å². The monoisotopic (exact) mass is 423 g/mol. The number of aryl methyl sites for hydroxylation is 2. The highest BCUT2D eigenvalue weighted by molar-refractivity contribution is 5.91. The number of rotatable bonds is 5. The summed E-state index contributed by atoms with van der Waals surface area (Å²) in [7, 11) is 1.99. The number of fused-ring (bicyclic) bond motifs is 2. The number of carbonyl (C=O) groups excluding carboxylic acids is 1. The Morgan fingerprint density at radius 1 is 0.938 bits per heavy atom. The van der Waals surface area contributed by atoms with Crippen LogP contribution in [-0.4, -0.2) is 25.0 Å². The lowest BCUT2D eigenvalue weighted by Gasteiger charge is -2.09. The van der Waals surface area contributed by atoms with Gasteiger partial charge in [0.05, 0.1) is 28.3 Å². The smallest absolute Gasteiger partial charge is 0.261 e. The second kappa shape index (κ2) is 8.11. The molecule has 0 bridgehead atoms. The fourth-order valence-electron chi connectivity index (χ4n) is 3.82. The lowest BCUT2D eigenvalue weighted by atomic mass is 10.2. The third kappa shape index (κ3) is 3.65. The summed E-state index contributed by atoms with van der Waals surface area (Å²) in [5, 5.41) is 3.44. The van der Waals surface area contributed by atoms with E-state index in [1.807, 2.05) is 61.6 Å². The van der Waals surface area contributed by atoms with E-state index in [-0.39, 0.29) is 24.4 Å². The van der Waals surface area contributed by atoms with Gasteiger partial charge < -0.3 is 9.88 Å². The molecular weight excluding hydrogens is 402 g/mol. The molecule has 2 heterocycles. The van der Waals surface area contributed by atoms with Gasteiger partial charge in [-0.15, -0.1) is 0 Å². The van der Waals surface area contributed by atoms with Crippen LogP contribution in [-0.2, 0) is 18.4 Å². The Morgan fingerprint density at radius 2 is 1.66 bits per heavy atom. The number of aromatic nitrogens is 4. The predicted octanol–water partition coefficient (Wildman–Crippen LogP) is 3.98. The maximum atomic E-state index is 12.5. The molecule has 0 aliphatic rings. The SMILES string of the molecule is Cn1c(-c2ccc(NC(=O)CCn3cnc4ccccc4c3=O)cc2)nc2ccccc21. The number of hydrogen-bond donors (Lipinski definition) is 1. The third-order valence-corrected chi connectivity index (χ3v) is 5.53. The van der Waals surface area contributed by atoms with E-state index in [0.29, 0.717) is 16.6 Å². The van der Waals surface area contributed by atoms with Crippen LogP contribution in [0.1, 0.15) is 6.42 Å². The summed E-state index contributed by atoms with van der Waals surface area (Å²) < 4.78 is 3.52. The highest BCUT2D eigenvalue weighted by Gasteiger charge is 2.10. The van der Waals surface area contributed by atoms with Gasteiger partial charge in [-0.2, -0.15) is 0 Å². The molecule has 3 aromatic carbocycles. The highest BCUT2D eigenvalue weighted by Crippen LogP contribution is 2.24. The Kier molecular flexibility index (Phi) is 4.99. The molecule has 5 aromatic rings. The van der Waals surface area contributed by atoms with Crippen molar-refractivity contribution in [1.29, 1.82) is 0 Å². The van der Waals surface area contributed by atoms with Crippen molar-refractivity contribution in [2.45, 2.75) is 13.0 Å². The fraction of sp³-hybridized carbons (Fsp3) is 0.120. The van der Waals surface area contributed by atoms with Gasteiger partial charge in [-0.05, 0) is 48.5 Å². The Bertz CT molecular complexity index is 1500. The van der Waals surface area contributed by atoms with Crippen LogP contribution in [0, 0.1) is 0 Å². The van der Waals surface area contributed by atoms with E-state index in [0.717, 1.165) is 22.4 Å². The molecule has 7 heteroatoms. The van der Waals surface area contributed by atoms with Crippen LogP contribution in [0.3, 0.4) is 0 Å². The molecule has 0 radical (unpaired) electrons. The quantitative estimate of drug-likeness (QED) is 0.464. The number of hydrogen-bond acceptors (Lipinski definition) is 4. The lowest BCUT2D eigenvalue weighted by Crippen LogP contribution is -2.23. The van der Waals surface area contributed by atoms with Crippen LogP contribution in [0.25, 0.3) is 33.3 Å². The molecule has 0 aliphatic carbocycles. The van der Waals surface area contributed by atoms with Gasteiger partial charge >= 0.3 is 0 Å². The number of nitrogens with zero attached hydrogens (tertiary/aromatic N) is 4. The first-order valence-electron chi connectivity index (χ1n) is 10.4. The van der Waals surface area contributed by atoms with Crippen LogP contribution >= 0.6 is 0 Å². The number of nitrogens with one attached hydrogen (secondary N) is 1. The molecule has 2 aromatic heterocycles. The summed E-state index contributed by atoms with van der Waals surface area (Å²) >= 11 is 0. The number of anilines is 1. The van der Waals surface area contributed by atoms with E-state index in [9.17, 15) is 9.59 Å². The Morgan fingerprint density at radius 3 is 2.44 bits per heavy atom. The second-order valence-corrected chi connectivity index (χ2v) is 7.62. The molecular formula is C25H21N5O2. The van der Waals surface area contributed by atoms with Gasteiger partial charge in [-0.25, -0.2) is 9.97 Å². The molecule has 0 unspecified atom stereocenters. The molecule has 1 amide bonds.